The van der Waals surface area contributed by atoms with E-state index in [4.69, 9.17) is 9.84 Å². The van der Waals surface area contributed by atoms with E-state index < -0.39 is 5.97 Å². The SMILES string of the molecule is O=C(O)CCC1C2COCC1CC(=O)C2. The number of Topliss-reactive ketones (excluding diaryl/α,β-unsaturated/α-hetero) is 1. The third-order valence-corrected chi connectivity index (χ3v) is 3.55. The van der Waals surface area contributed by atoms with Crippen LogP contribution < -0.4 is 0 Å². The molecule has 0 radical (unpaired) electrons. The highest BCUT2D eigenvalue weighted by Crippen LogP contribution is 2.39. The minimum absolute atomic E-state index is 0.214. The summed E-state index contributed by atoms with van der Waals surface area (Å²) >= 11 is 0. The van der Waals surface area contributed by atoms with Crippen molar-refractivity contribution in [2.24, 2.45) is 17.8 Å². The first-order valence-electron chi connectivity index (χ1n) is 5.48. The molecule has 1 N–H and O–H groups in total. The van der Waals surface area contributed by atoms with Gasteiger partial charge in [0.1, 0.15) is 5.78 Å². The molecule has 0 aromatic carbocycles. The molecule has 2 bridgehead atoms. The first-order valence-corrected chi connectivity index (χ1v) is 5.48. The van der Waals surface area contributed by atoms with Gasteiger partial charge in [-0.3, -0.25) is 9.59 Å². The molecule has 1 saturated heterocycles. The summed E-state index contributed by atoms with van der Waals surface area (Å²) in [7, 11) is 0. The summed E-state index contributed by atoms with van der Waals surface area (Å²) in [6.45, 7) is 1.26. The lowest BCUT2D eigenvalue weighted by molar-refractivity contribution is -0.139. The zero-order chi connectivity index (χ0) is 10.8. The van der Waals surface area contributed by atoms with Gasteiger partial charge in [0, 0.05) is 19.3 Å². The predicted molar refractivity (Wildman–Crippen MR) is 52.4 cm³/mol. The van der Waals surface area contributed by atoms with Crippen LogP contribution in [0, 0.1) is 17.8 Å². The second kappa shape index (κ2) is 4.31. The van der Waals surface area contributed by atoms with Crippen molar-refractivity contribution in [2.45, 2.75) is 25.7 Å². The summed E-state index contributed by atoms with van der Waals surface area (Å²) in [5, 5.41) is 8.66. The van der Waals surface area contributed by atoms with E-state index in [2.05, 4.69) is 0 Å². The van der Waals surface area contributed by atoms with E-state index in [-0.39, 0.29) is 18.3 Å². The topological polar surface area (TPSA) is 63.6 Å². The van der Waals surface area contributed by atoms with Crippen LogP contribution in [-0.2, 0) is 14.3 Å². The maximum atomic E-state index is 11.4. The molecule has 15 heavy (non-hydrogen) atoms. The van der Waals surface area contributed by atoms with E-state index in [9.17, 15) is 9.59 Å². The van der Waals surface area contributed by atoms with E-state index in [1.54, 1.807) is 0 Å². The Bertz CT molecular complexity index is 258. The van der Waals surface area contributed by atoms with Crippen LogP contribution in [-0.4, -0.2) is 30.1 Å². The monoisotopic (exact) mass is 212 g/mol. The van der Waals surface area contributed by atoms with Gasteiger partial charge in [0.15, 0.2) is 0 Å². The number of carbonyl (C=O) groups is 2. The highest BCUT2D eigenvalue weighted by atomic mass is 16.5. The molecule has 4 nitrogen and oxygen atoms in total. The van der Waals surface area contributed by atoms with Crippen LogP contribution in [0.2, 0.25) is 0 Å². The van der Waals surface area contributed by atoms with Crippen LogP contribution in [0.5, 0.6) is 0 Å². The lowest BCUT2D eigenvalue weighted by Crippen LogP contribution is -2.42. The highest BCUT2D eigenvalue weighted by Gasteiger charge is 2.40. The number of hydrogen-bond acceptors (Lipinski definition) is 3. The molecule has 84 valence electrons. The molecule has 2 aliphatic rings. The van der Waals surface area contributed by atoms with Crippen LogP contribution in [0.25, 0.3) is 0 Å². The predicted octanol–water partition coefficient (Wildman–Crippen LogP) is 1.09. The number of carbonyl (C=O) groups excluding carboxylic acids is 1. The number of carboxylic acid groups (broad SMARTS) is 1. The van der Waals surface area contributed by atoms with E-state index in [0.717, 1.165) is 0 Å². The van der Waals surface area contributed by atoms with Crippen molar-refractivity contribution in [1.29, 1.82) is 0 Å². The minimum atomic E-state index is -0.745. The first-order chi connectivity index (χ1) is 7.16. The maximum absolute atomic E-state index is 11.4. The Labute approximate surface area is 88.6 Å². The molecule has 1 aliphatic heterocycles. The Morgan fingerprint density at radius 3 is 2.47 bits per heavy atom. The number of hydrogen-bond donors (Lipinski definition) is 1. The van der Waals surface area contributed by atoms with Gasteiger partial charge >= 0.3 is 5.97 Å². The first kappa shape index (κ1) is 10.6. The largest absolute Gasteiger partial charge is 0.481 e. The fourth-order valence-corrected chi connectivity index (χ4v) is 2.85. The van der Waals surface area contributed by atoms with Gasteiger partial charge in [-0.25, -0.2) is 0 Å². The number of rotatable bonds is 3. The van der Waals surface area contributed by atoms with Gasteiger partial charge in [0.05, 0.1) is 13.2 Å². The number of aliphatic carboxylic acids is 1. The van der Waals surface area contributed by atoms with E-state index in [0.29, 0.717) is 44.2 Å². The number of ketones is 1. The number of carboxylic acids is 1. The molecule has 1 heterocycles. The maximum Gasteiger partial charge on any atom is 0.303 e. The number of fused-ring (bicyclic) bond motifs is 2. The standard InChI is InChI=1S/C11H16O4/c12-9-3-7-5-15-6-8(4-9)10(7)1-2-11(13)14/h7-8,10H,1-6H2,(H,13,14). The van der Waals surface area contributed by atoms with Gasteiger partial charge in [0.2, 0.25) is 0 Å². The van der Waals surface area contributed by atoms with E-state index in [1.165, 1.54) is 0 Å². The molecule has 1 aliphatic carbocycles. The van der Waals surface area contributed by atoms with Gasteiger partial charge in [-0.05, 0) is 24.2 Å². The fourth-order valence-electron chi connectivity index (χ4n) is 2.85. The third kappa shape index (κ3) is 2.37. The van der Waals surface area contributed by atoms with Crippen molar-refractivity contribution in [3.8, 4) is 0 Å². The average molecular weight is 212 g/mol. The molecule has 0 aromatic rings. The molecule has 2 atom stereocenters. The van der Waals surface area contributed by atoms with Crippen LogP contribution >= 0.6 is 0 Å². The Balaban J connectivity index is 1.97. The Morgan fingerprint density at radius 2 is 1.93 bits per heavy atom. The highest BCUT2D eigenvalue weighted by molar-refractivity contribution is 5.80. The zero-order valence-electron chi connectivity index (χ0n) is 8.65. The Kier molecular flexibility index (Phi) is 3.05. The van der Waals surface area contributed by atoms with Gasteiger partial charge in [-0.1, -0.05) is 0 Å². The lowest BCUT2D eigenvalue weighted by Gasteiger charge is -2.41. The Hall–Kier alpha value is -0.900. The van der Waals surface area contributed by atoms with Crippen molar-refractivity contribution in [1.82, 2.24) is 0 Å². The molecule has 2 unspecified atom stereocenters. The molecular weight excluding hydrogens is 196 g/mol. The number of ether oxygens (including phenoxy) is 1. The normalized spacial score (nSPS) is 35.2. The molecule has 2 fully saturated rings. The molecule has 0 aromatic heterocycles. The van der Waals surface area contributed by atoms with Crippen LogP contribution in [0.15, 0.2) is 0 Å². The average Bonchev–Trinajstić information content (AvgIpc) is 2.14. The smallest absolute Gasteiger partial charge is 0.303 e. The lowest BCUT2D eigenvalue weighted by atomic mass is 9.69. The van der Waals surface area contributed by atoms with Crippen molar-refractivity contribution in [2.75, 3.05) is 13.2 Å². The third-order valence-electron chi connectivity index (χ3n) is 3.55. The van der Waals surface area contributed by atoms with Gasteiger partial charge in [-0.15, -0.1) is 0 Å². The zero-order valence-corrected chi connectivity index (χ0v) is 8.65. The Morgan fingerprint density at radius 1 is 1.33 bits per heavy atom. The fraction of sp³-hybridized carbons (Fsp3) is 0.818. The molecule has 0 amide bonds. The van der Waals surface area contributed by atoms with E-state index in [1.807, 2.05) is 0 Å². The summed E-state index contributed by atoms with van der Waals surface area (Å²) in [5.74, 6) is 0.493. The van der Waals surface area contributed by atoms with Crippen molar-refractivity contribution in [3.05, 3.63) is 0 Å². The van der Waals surface area contributed by atoms with E-state index >= 15 is 0 Å². The summed E-state index contributed by atoms with van der Waals surface area (Å²) in [6, 6.07) is 0. The molecule has 2 rings (SSSR count). The molecule has 0 spiro atoms. The minimum Gasteiger partial charge on any atom is -0.481 e. The van der Waals surface area contributed by atoms with Crippen molar-refractivity contribution in [3.63, 3.8) is 0 Å². The van der Waals surface area contributed by atoms with Crippen LogP contribution in [0.1, 0.15) is 25.7 Å². The molecule has 4 heteroatoms. The summed E-state index contributed by atoms with van der Waals surface area (Å²) < 4.78 is 5.42. The van der Waals surface area contributed by atoms with Crippen molar-refractivity contribution >= 4 is 11.8 Å². The summed E-state index contributed by atoms with van der Waals surface area (Å²) in [4.78, 5) is 21.9. The van der Waals surface area contributed by atoms with Gasteiger partial charge in [-0.2, -0.15) is 0 Å². The molecular formula is C11H16O4. The van der Waals surface area contributed by atoms with Crippen LogP contribution in [0.3, 0.4) is 0 Å². The second-order valence-electron chi connectivity index (χ2n) is 4.60. The summed E-state index contributed by atoms with van der Waals surface area (Å²) in [6.07, 6.45) is 2.08. The van der Waals surface area contributed by atoms with Gasteiger partial charge < -0.3 is 9.84 Å². The molecule has 1 saturated carbocycles. The second-order valence-corrected chi connectivity index (χ2v) is 4.60. The van der Waals surface area contributed by atoms with Crippen LogP contribution in [0.4, 0.5) is 0 Å². The summed E-state index contributed by atoms with van der Waals surface area (Å²) in [5.41, 5.74) is 0. The van der Waals surface area contributed by atoms with Gasteiger partial charge in [0.25, 0.3) is 0 Å². The quantitative estimate of drug-likeness (QED) is 0.760. The van der Waals surface area contributed by atoms with Crippen molar-refractivity contribution < 1.29 is 19.4 Å².